The van der Waals surface area contributed by atoms with Gasteiger partial charge in [0, 0.05) is 48.6 Å². The molecule has 4 aromatic rings. The predicted molar refractivity (Wildman–Crippen MR) is 192 cm³/mol. The van der Waals surface area contributed by atoms with Crippen LogP contribution in [0.5, 0.6) is 0 Å². The minimum atomic E-state index is -3.82. The van der Waals surface area contributed by atoms with Crippen LogP contribution in [0.4, 0.5) is 20.2 Å². The van der Waals surface area contributed by atoms with Crippen molar-refractivity contribution in [3.05, 3.63) is 90.1 Å². The summed E-state index contributed by atoms with van der Waals surface area (Å²) in [6, 6.07) is 5.10. The molecule has 0 saturated carbocycles. The van der Waals surface area contributed by atoms with Crippen molar-refractivity contribution in [1.82, 2.24) is 28.0 Å². The highest BCUT2D eigenvalue weighted by atomic mass is 79.9. The van der Waals surface area contributed by atoms with Crippen LogP contribution < -0.4 is 20.1 Å². The van der Waals surface area contributed by atoms with Gasteiger partial charge < -0.3 is 10.6 Å². The molecule has 0 spiro atoms. The monoisotopic (exact) mass is 896 g/mol. The normalized spacial score (nSPS) is 23.3. The average Bonchev–Trinajstić information content (AvgIpc) is 3.79. The molecule has 2 aromatic heterocycles. The molecule has 4 heterocycles. The van der Waals surface area contributed by atoms with E-state index < -0.39 is 68.0 Å². The Morgan fingerprint density at radius 1 is 0.760 bits per heavy atom. The Bertz CT molecular complexity index is 1930. The average molecular weight is 899 g/mol. The lowest BCUT2D eigenvalue weighted by atomic mass is 10.1. The second-order valence-electron chi connectivity index (χ2n) is 10.9. The Labute approximate surface area is 311 Å². The largest absolute Gasteiger partial charge is 0.325 e. The van der Waals surface area contributed by atoms with Crippen molar-refractivity contribution in [2.24, 2.45) is 0 Å². The van der Waals surface area contributed by atoms with Crippen molar-refractivity contribution in [1.29, 1.82) is 0 Å². The molecule has 0 radical (unpaired) electrons. The maximum absolute atomic E-state index is 13.3. The van der Waals surface area contributed by atoms with E-state index in [0.29, 0.717) is 21.4 Å². The fraction of sp³-hybridized carbons (Fsp3) is 0.286. The fourth-order valence-electron chi connectivity index (χ4n) is 4.96. The first-order chi connectivity index (χ1) is 23.6. The summed E-state index contributed by atoms with van der Waals surface area (Å²) in [4.78, 5) is 33.5. The molecule has 2 aliphatic rings. The van der Waals surface area contributed by atoms with Crippen LogP contribution in [0.3, 0.4) is 0 Å². The van der Waals surface area contributed by atoms with Crippen LogP contribution in [-0.4, -0.2) is 73.4 Å². The van der Waals surface area contributed by atoms with Crippen LogP contribution in [0.1, 0.15) is 34.9 Å². The summed E-state index contributed by atoms with van der Waals surface area (Å²) in [6.07, 6.45) is 3.63. The maximum atomic E-state index is 13.3. The summed E-state index contributed by atoms with van der Waals surface area (Å²) in [5.41, 5.74) is 0.738. The first-order valence-corrected chi connectivity index (χ1v) is 20.6. The van der Waals surface area contributed by atoms with E-state index in [1.807, 2.05) is 0 Å². The van der Waals surface area contributed by atoms with Gasteiger partial charge in [0.25, 0.3) is 20.4 Å². The van der Waals surface area contributed by atoms with Crippen LogP contribution in [0.2, 0.25) is 0 Å². The molecule has 6 rings (SSSR count). The molecule has 22 heteroatoms. The highest BCUT2D eigenvalue weighted by molar-refractivity contribution is 9.10. The number of amides is 2. The van der Waals surface area contributed by atoms with Gasteiger partial charge in [-0.05, 0) is 81.1 Å². The molecule has 2 amide bonds. The zero-order valence-corrected chi connectivity index (χ0v) is 32.3. The van der Waals surface area contributed by atoms with E-state index in [2.05, 4.69) is 61.9 Å². The lowest BCUT2D eigenvalue weighted by Gasteiger charge is -2.35. The molecule has 0 bridgehead atoms. The molecule has 2 fully saturated rings. The first-order valence-electron chi connectivity index (χ1n) is 14.4. The summed E-state index contributed by atoms with van der Waals surface area (Å²) in [5.74, 6) is -1.90. The van der Waals surface area contributed by atoms with E-state index in [4.69, 9.17) is 0 Å². The molecule has 50 heavy (non-hydrogen) atoms. The van der Waals surface area contributed by atoms with Crippen molar-refractivity contribution in [2.75, 3.05) is 24.7 Å². The molecule has 2 aromatic carbocycles. The molecule has 4 N–H and O–H groups in total. The summed E-state index contributed by atoms with van der Waals surface area (Å²) >= 11 is 8.73. The van der Waals surface area contributed by atoms with Gasteiger partial charge in [0.1, 0.15) is 33.7 Å². The Morgan fingerprint density at radius 2 is 1.14 bits per heavy atom. The zero-order chi connectivity index (χ0) is 36.4. The van der Waals surface area contributed by atoms with Gasteiger partial charge in [0.2, 0.25) is 11.8 Å². The number of anilines is 2. The second kappa shape index (κ2) is 15.8. The summed E-state index contributed by atoms with van der Waals surface area (Å²) in [6.45, 7) is 0. The van der Waals surface area contributed by atoms with Gasteiger partial charge >= 0.3 is 0 Å². The number of likely N-dealkylation sites (N-methyl/N-ethyl adjacent to an activating group) is 2. The molecule has 0 unspecified atom stereocenters. The molecular weight excluding hydrogens is 870 g/mol. The van der Waals surface area contributed by atoms with Crippen LogP contribution in [-0.2, 0) is 30.0 Å². The van der Waals surface area contributed by atoms with Gasteiger partial charge in [0.15, 0.2) is 0 Å². The fourth-order valence-corrected chi connectivity index (χ4v) is 9.77. The van der Waals surface area contributed by atoms with E-state index in [1.54, 1.807) is 23.2 Å². The predicted octanol–water partition coefficient (Wildman–Crippen LogP) is 4.53. The number of nitrogens with zero attached hydrogens (tertiary/aromatic N) is 4. The van der Waals surface area contributed by atoms with E-state index in [1.165, 1.54) is 73.2 Å². The summed E-state index contributed by atoms with van der Waals surface area (Å²) < 4.78 is 83.3. The zero-order valence-electron chi connectivity index (χ0n) is 25.9. The highest BCUT2D eigenvalue weighted by Gasteiger charge is 2.42. The summed E-state index contributed by atoms with van der Waals surface area (Å²) in [5, 5.41) is 9.93. The van der Waals surface area contributed by atoms with Gasteiger partial charge in [-0.15, -0.1) is 22.7 Å². The van der Waals surface area contributed by atoms with E-state index in [9.17, 15) is 35.2 Å². The van der Waals surface area contributed by atoms with Crippen molar-refractivity contribution in [2.45, 2.75) is 37.0 Å². The highest BCUT2D eigenvalue weighted by Crippen LogP contribution is 2.31. The molecule has 0 aliphatic carbocycles. The van der Waals surface area contributed by atoms with Gasteiger partial charge in [0.05, 0.1) is 21.0 Å². The first kappa shape index (κ1) is 38.4. The van der Waals surface area contributed by atoms with E-state index >= 15 is 0 Å². The number of rotatable bonds is 6. The Morgan fingerprint density at radius 3 is 1.46 bits per heavy atom. The number of halogens is 4. The third-order valence-electron chi connectivity index (χ3n) is 7.61. The topological polar surface area (TPSA) is 183 Å². The molecule has 268 valence electrons. The van der Waals surface area contributed by atoms with Gasteiger partial charge in [-0.25, -0.2) is 18.7 Å². The second-order valence-corrected chi connectivity index (χ2v) is 17.9. The van der Waals surface area contributed by atoms with Crippen LogP contribution in [0.15, 0.2) is 68.5 Å². The molecular formula is C28H28Br2F2N8O6S4. The quantitative estimate of drug-likeness (QED) is 0.218. The number of aromatic nitrogens is 2. The smallest absolute Gasteiger partial charge is 0.280 e. The van der Waals surface area contributed by atoms with E-state index in [0.717, 1.165) is 8.61 Å². The minimum Gasteiger partial charge on any atom is -0.325 e. The Kier molecular flexibility index (Phi) is 12.2. The van der Waals surface area contributed by atoms with Crippen LogP contribution in [0.25, 0.3) is 0 Å². The van der Waals surface area contributed by atoms with E-state index in [-0.39, 0.29) is 21.8 Å². The number of benzene rings is 2. The molecule has 4 atom stereocenters. The van der Waals surface area contributed by atoms with Crippen molar-refractivity contribution < 1.29 is 35.2 Å². The lowest BCUT2D eigenvalue weighted by molar-refractivity contribution is -0.120. The molecule has 14 nitrogen and oxygen atoms in total. The van der Waals surface area contributed by atoms with Gasteiger partial charge in [-0.1, -0.05) is 0 Å². The molecule has 2 aliphatic heterocycles. The summed E-state index contributed by atoms with van der Waals surface area (Å²) in [7, 11) is -4.96. The maximum Gasteiger partial charge on any atom is 0.280 e. The number of carbonyl (C=O) groups is 2. The van der Waals surface area contributed by atoms with Gasteiger partial charge in [-0.3, -0.25) is 9.59 Å². The van der Waals surface area contributed by atoms with Crippen LogP contribution in [0, 0.1) is 11.6 Å². The number of nitrogens with one attached hydrogen (secondary N) is 4. The number of thiazole rings is 2. The standard InChI is InChI=1S/2C14H14BrFN4O3S2/c2*1-20-12(13(21)18-8-2-3-10(16)9(15)6-8)7-11(19-25(20,22)23)14-17-4-5-24-14/h2*2-6,11-12,19H,7H2,1H3,(H,18,21)/t2*11-,12+/m10/s1. The third kappa shape index (κ3) is 8.97. The Balaban J connectivity index is 0.000000194. The van der Waals surface area contributed by atoms with Crippen molar-refractivity contribution in [3.63, 3.8) is 0 Å². The lowest BCUT2D eigenvalue weighted by Crippen LogP contribution is -2.55. The minimum absolute atomic E-state index is 0.206. The van der Waals surface area contributed by atoms with Crippen molar-refractivity contribution in [3.8, 4) is 0 Å². The number of carbonyl (C=O) groups excluding carboxylic acids is 2. The third-order valence-corrected chi connectivity index (χ3v) is 13.8. The van der Waals surface area contributed by atoms with Crippen LogP contribution >= 0.6 is 54.5 Å². The number of hydrogen-bond acceptors (Lipinski definition) is 10. The Hall–Kier alpha value is -2.80. The van der Waals surface area contributed by atoms with Crippen molar-refractivity contribution >= 4 is 98.1 Å². The van der Waals surface area contributed by atoms with Gasteiger partial charge in [-0.2, -0.15) is 34.9 Å². The molecule has 2 saturated heterocycles. The number of hydrogen-bond donors (Lipinski definition) is 4. The SMILES string of the molecule is CN1[C@@H](C(=O)Nc2ccc(F)c(Br)c2)C[C@@H](c2nccs2)NS1(=O)=O.CN1[C@H](C(=O)Nc2ccc(F)c(Br)c2)C[C@H](c2nccs2)NS1(=O)=O.